The molecule has 27 heavy (non-hydrogen) atoms. The van der Waals surface area contributed by atoms with Crippen LogP contribution < -0.4 is 0 Å². The number of ether oxygens (including phenoxy) is 1. The van der Waals surface area contributed by atoms with E-state index in [4.69, 9.17) is 0 Å². The lowest BCUT2D eigenvalue weighted by Crippen LogP contribution is -2.62. The van der Waals surface area contributed by atoms with Crippen molar-refractivity contribution in [3.63, 3.8) is 0 Å². The molecule has 2 aliphatic heterocycles. The molecule has 2 saturated heterocycles. The molecule has 160 valence electrons. The second-order valence-electron chi connectivity index (χ2n) is 6.61. The zero-order valence-electron chi connectivity index (χ0n) is 13.6. The van der Waals surface area contributed by atoms with Gasteiger partial charge in [-0.15, -0.1) is 0 Å². The molecule has 0 aliphatic carbocycles. The van der Waals surface area contributed by atoms with Crippen molar-refractivity contribution < 1.29 is 53.0 Å². The quantitative estimate of drug-likeness (QED) is 0.468. The largest absolute Gasteiger partial charge is 0.429 e. The molecule has 5 unspecified atom stereocenters. The molecule has 2 rings (SSSR count). The van der Waals surface area contributed by atoms with Gasteiger partial charge < -0.3 is 4.74 Å². The van der Waals surface area contributed by atoms with Gasteiger partial charge in [-0.2, -0.15) is 26.3 Å². The lowest BCUT2D eigenvalue weighted by Gasteiger charge is -2.39. The Kier molecular flexibility index (Phi) is 5.98. The first-order valence-corrected chi connectivity index (χ1v) is 8.01. The Labute approximate surface area is 146 Å². The van der Waals surface area contributed by atoms with Crippen LogP contribution in [0.3, 0.4) is 0 Å². The molecule has 0 aromatic heterocycles. The predicted molar refractivity (Wildman–Crippen MR) is 69.4 cm³/mol. The van der Waals surface area contributed by atoms with E-state index in [2.05, 4.69) is 4.74 Å². The van der Waals surface area contributed by atoms with Crippen LogP contribution in [0.1, 0.15) is 25.7 Å². The highest BCUT2D eigenvalue weighted by Gasteiger charge is 2.71. The van der Waals surface area contributed by atoms with Crippen LogP contribution in [0.4, 0.5) is 48.3 Å². The van der Waals surface area contributed by atoms with Crippen LogP contribution in [0.25, 0.3) is 0 Å². The van der Waals surface area contributed by atoms with Gasteiger partial charge in [0.15, 0.2) is 6.30 Å². The van der Waals surface area contributed by atoms with Crippen LogP contribution in [0.5, 0.6) is 0 Å². The van der Waals surface area contributed by atoms with Crippen molar-refractivity contribution in [2.75, 3.05) is 13.1 Å². The van der Waals surface area contributed by atoms with Gasteiger partial charge in [0, 0.05) is 13.1 Å². The Bertz CT molecular complexity index is 516. The number of hydrogen-bond donors (Lipinski definition) is 0. The number of rotatable bonds is 5. The Balaban J connectivity index is 2.25. The Morgan fingerprint density at radius 2 is 1.26 bits per heavy atom. The van der Waals surface area contributed by atoms with Crippen LogP contribution in [-0.4, -0.2) is 66.6 Å². The normalized spacial score (nSPS) is 30.3. The van der Waals surface area contributed by atoms with E-state index in [1.807, 2.05) is 0 Å². The van der Waals surface area contributed by atoms with Gasteiger partial charge in [-0.3, -0.25) is 4.90 Å². The van der Waals surface area contributed by atoms with Crippen molar-refractivity contribution in [2.24, 2.45) is 0 Å². The fourth-order valence-electron chi connectivity index (χ4n) is 3.32. The van der Waals surface area contributed by atoms with E-state index in [0.29, 0.717) is 4.90 Å². The van der Waals surface area contributed by atoms with Gasteiger partial charge in [-0.05, 0) is 25.7 Å². The number of hydrogen-bond acceptors (Lipinski definition) is 2. The summed E-state index contributed by atoms with van der Waals surface area (Å²) in [6, 6.07) is 0. The van der Waals surface area contributed by atoms with Gasteiger partial charge in [-0.25, -0.2) is 22.0 Å². The molecule has 2 heterocycles. The molecule has 0 spiro atoms. The molecule has 2 fully saturated rings. The zero-order chi connectivity index (χ0) is 20.8. The van der Waals surface area contributed by atoms with E-state index < -0.39 is 61.5 Å². The third kappa shape index (κ3) is 3.99. The lowest BCUT2D eigenvalue weighted by atomic mass is 9.93. The van der Waals surface area contributed by atoms with Gasteiger partial charge in [0.1, 0.15) is 12.2 Å². The van der Waals surface area contributed by atoms with Crippen LogP contribution in [-0.2, 0) is 4.74 Å². The maximum Gasteiger partial charge on any atom is 0.429 e. The second kappa shape index (κ2) is 7.20. The van der Waals surface area contributed by atoms with E-state index in [0.717, 1.165) is 0 Å². The highest BCUT2D eigenvalue weighted by molar-refractivity contribution is 5.05. The van der Waals surface area contributed by atoms with Gasteiger partial charge in [0.05, 0.1) is 0 Å². The van der Waals surface area contributed by atoms with E-state index in [9.17, 15) is 48.3 Å². The summed E-state index contributed by atoms with van der Waals surface area (Å²) in [6.07, 6.45) is -27.5. The second-order valence-corrected chi connectivity index (χ2v) is 6.61. The fraction of sp³-hybridized carbons (Fsp3) is 1.00. The van der Waals surface area contributed by atoms with Crippen LogP contribution in [0.2, 0.25) is 0 Å². The lowest BCUT2D eigenvalue weighted by molar-refractivity contribution is -0.313. The Hall–Kier alpha value is -0.850. The SMILES string of the molecule is FC(C(F)(F)F)C(F)(F)C1CCC(C(F)(C(F)N2CCCC2)C(F)(F)F)O1. The van der Waals surface area contributed by atoms with E-state index in [-0.39, 0.29) is 25.9 Å². The molecule has 5 atom stereocenters. The van der Waals surface area contributed by atoms with Crippen LogP contribution in [0.15, 0.2) is 0 Å². The van der Waals surface area contributed by atoms with Gasteiger partial charge in [0.2, 0.25) is 0 Å². The first-order valence-electron chi connectivity index (χ1n) is 8.01. The topological polar surface area (TPSA) is 12.5 Å². The van der Waals surface area contributed by atoms with Crippen molar-refractivity contribution in [3.8, 4) is 0 Å². The van der Waals surface area contributed by atoms with Gasteiger partial charge >= 0.3 is 18.3 Å². The minimum atomic E-state index is -6.00. The molecule has 0 radical (unpaired) electrons. The molecule has 0 aromatic carbocycles. The zero-order valence-corrected chi connectivity index (χ0v) is 13.6. The minimum absolute atomic E-state index is 0.212. The molecule has 13 heteroatoms. The van der Waals surface area contributed by atoms with E-state index >= 15 is 0 Å². The summed E-state index contributed by atoms with van der Waals surface area (Å²) >= 11 is 0. The average molecular weight is 423 g/mol. The molecule has 0 aromatic rings. The van der Waals surface area contributed by atoms with Crippen molar-refractivity contribution >= 4 is 0 Å². The summed E-state index contributed by atoms with van der Waals surface area (Å²) in [5, 5.41) is 0. The molecular weight excluding hydrogens is 407 g/mol. The molecule has 0 amide bonds. The summed E-state index contributed by atoms with van der Waals surface area (Å²) in [6.45, 7) is -0.425. The predicted octanol–water partition coefficient (Wildman–Crippen LogP) is 4.73. The molecule has 2 aliphatic rings. The number of likely N-dealkylation sites (tertiary alicyclic amines) is 1. The number of nitrogens with zero attached hydrogens (tertiary/aromatic N) is 1. The van der Waals surface area contributed by atoms with Crippen LogP contribution >= 0.6 is 0 Å². The third-order valence-electron chi connectivity index (χ3n) is 4.79. The molecule has 0 N–H and O–H groups in total. The van der Waals surface area contributed by atoms with Gasteiger partial charge in [0.25, 0.3) is 11.8 Å². The maximum absolute atomic E-state index is 14.8. The summed E-state index contributed by atoms with van der Waals surface area (Å²) in [5.74, 6) is -5.25. The molecular formula is C14H16F11NO. The standard InChI is InChI=1S/C14H16F11NO/c15-9(13(20,21)22)12(18,19)8-4-3-7(27-8)11(17,14(23,24)25)10(16)26-5-1-2-6-26/h7-10H,1-6H2. The van der Waals surface area contributed by atoms with Crippen molar-refractivity contribution in [1.29, 1.82) is 0 Å². The highest BCUT2D eigenvalue weighted by atomic mass is 19.4. The Morgan fingerprint density at radius 3 is 1.70 bits per heavy atom. The number of alkyl halides is 11. The minimum Gasteiger partial charge on any atom is -0.365 e. The third-order valence-corrected chi connectivity index (χ3v) is 4.79. The van der Waals surface area contributed by atoms with Crippen molar-refractivity contribution in [3.05, 3.63) is 0 Å². The Morgan fingerprint density at radius 1 is 0.778 bits per heavy atom. The summed E-state index contributed by atoms with van der Waals surface area (Å²) < 4.78 is 150. The first kappa shape index (κ1) is 22.4. The fourth-order valence-corrected chi connectivity index (χ4v) is 3.32. The van der Waals surface area contributed by atoms with Crippen molar-refractivity contribution in [1.82, 2.24) is 4.90 Å². The average Bonchev–Trinajstić information content (AvgIpc) is 3.21. The maximum atomic E-state index is 14.8. The first-order chi connectivity index (χ1) is 12.1. The van der Waals surface area contributed by atoms with Crippen LogP contribution in [0, 0.1) is 0 Å². The smallest absolute Gasteiger partial charge is 0.365 e. The summed E-state index contributed by atoms with van der Waals surface area (Å²) in [5.41, 5.74) is -4.74. The van der Waals surface area contributed by atoms with Gasteiger partial charge in [-0.1, -0.05) is 0 Å². The monoisotopic (exact) mass is 423 g/mol. The van der Waals surface area contributed by atoms with E-state index in [1.54, 1.807) is 0 Å². The van der Waals surface area contributed by atoms with E-state index in [1.165, 1.54) is 0 Å². The summed E-state index contributed by atoms with van der Waals surface area (Å²) in [4.78, 5) is 0.524. The summed E-state index contributed by atoms with van der Waals surface area (Å²) in [7, 11) is 0. The molecule has 0 bridgehead atoms. The number of halogens is 11. The van der Waals surface area contributed by atoms with Crippen molar-refractivity contribution in [2.45, 2.75) is 74.3 Å². The molecule has 0 saturated carbocycles. The molecule has 2 nitrogen and oxygen atoms in total. The highest BCUT2D eigenvalue weighted by Crippen LogP contribution is 2.50.